The second kappa shape index (κ2) is 5.28. The SMILES string of the molecule is O=[N+]([O-])c1ccc(NCC2CC(O)C2)cc1C(F)(F)F. The first-order chi connectivity index (χ1) is 9.27. The first kappa shape index (κ1) is 14.6. The number of aliphatic hydroxyl groups is 1. The molecule has 1 fully saturated rings. The van der Waals surface area contributed by atoms with Crippen LogP contribution in [-0.4, -0.2) is 22.7 Å². The van der Waals surface area contributed by atoms with Gasteiger partial charge in [-0.2, -0.15) is 13.2 Å². The predicted molar refractivity (Wildman–Crippen MR) is 65.3 cm³/mol. The van der Waals surface area contributed by atoms with Crippen LogP contribution in [0.2, 0.25) is 0 Å². The lowest BCUT2D eigenvalue weighted by atomic mass is 9.82. The lowest BCUT2D eigenvalue weighted by molar-refractivity contribution is -0.388. The van der Waals surface area contributed by atoms with Gasteiger partial charge in [-0.05, 0) is 30.9 Å². The Kier molecular flexibility index (Phi) is 3.85. The molecule has 0 atom stereocenters. The van der Waals surface area contributed by atoms with Gasteiger partial charge in [-0.25, -0.2) is 0 Å². The van der Waals surface area contributed by atoms with Gasteiger partial charge in [-0.1, -0.05) is 0 Å². The Morgan fingerprint density at radius 2 is 2.05 bits per heavy atom. The van der Waals surface area contributed by atoms with Gasteiger partial charge in [-0.3, -0.25) is 10.1 Å². The number of alkyl halides is 3. The molecule has 110 valence electrons. The molecule has 0 heterocycles. The number of nitrogens with zero attached hydrogens (tertiary/aromatic N) is 1. The van der Waals surface area contributed by atoms with E-state index in [4.69, 9.17) is 5.11 Å². The third-order valence-electron chi connectivity index (χ3n) is 3.30. The van der Waals surface area contributed by atoms with Crippen LogP contribution in [0.25, 0.3) is 0 Å². The summed E-state index contributed by atoms with van der Waals surface area (Å²) in [4.78, 5) is 9.55. The van der Waals surface area contributed by atoms with E-state index in [0.29, 0.717) is 19.4 Å². The smallest absolute Gasteiger partial charge is 0.393 e. The average Bonchev–Trinajstić information content (AvgIpc) is 2.31. The molecule has 1 aromatic carbocycles. The topological polar surface area (TPSA) is 75.4 Å². The molecule has 1 aromatic rings. The summed E-state index contributed by atoms with van der Waals surface area (Å²) in [6, 6.07) is 2.84. The molecule has 5 nitrogen and oxygen atoms in total. The van der Waals surface area contributed by atoms with Gasteiger partial charge in [-0.15, -0.1) is 0 Å². The summed E-state index contributed by atoms with van der Waals surface area (Å²) in [6.07, 6.45) is -3.87. The second-order valence-corrected chi connectivity index (χ2v) is 4.86. The van der Waals surface area contributed by atoms with Crippen molar-refractivity contribution in [3.8, 4) is 0 Å². The highest BCUT2D eigenvalue weighted by Crippen LogP contribution is 2.37. The third kappa shape index (κ3) is 3.19. The van der Waals surface area contributed by atoms with Crippen LogP contribution in [-0.2, 0) is 6.18 Å². The number of hydrogen-bond acceptors (Lipinski definition) is 4. The van der Waals surface area contributed by atoms with Crippen molar-refractivity contribution >= 4 is 11.4 Å². The van der Waals surface area contributed by atoms with Crippen molar-refractivity contribution in [2.75, 3.05) is 11.9 Å². The van der Waals surface area contributed by atoms with Crippen molar-refractivity contribution in [1.29, 1.82) is 0 Å². The molecular formula is C12H13F3N2O3. The van der Waals surface area contributed by atoms with E-state index in [2.05, 4.69) is 5.32 Å². The molecule has 0 radical (unpaired) electrons. The Bertz CT molecular complexity index is 513. The summed E-state index contributed by atoms with van der Waals surface area (Å²) < 4.78 is 38.3. The second-order valence-electron chi connectivity index (χ2n) is 4.86. The molecular weight excluding hydrogens is 277 g/mol. The third-order valence-corrected chi connectivity index (χ3v) is 3.30. The van der Waals surface area contributed by atoms with Gasteiger partial charge < -0.3 is 10.4 Å². The zero-order valence-electron chi connectivity index (χ0n) is 10.4. The number of nitro groups is 1. The van der Waals surface area contributed by atoms with Gasteiger partial charge in [0.25, 0.3) is 5.69 Å². The molecule has 0 spiro atoms. The molecule has 0 amide bonds. The van der Waals surface area contributed by atoms with Gasteiger partial charge in [0.2, 0.25) is 0 Å². The van der Waals surface area contributed by atoms with Crippen LogP contribution in [0.15, 0.2) is 18.2 Å². The van der Waals surface area contributed by atoms with E-state index >= 15 is 0 Å². The highest BCUT2D eigenvalue weighted by molar-refractivity contribution is 5.55. The maximum absolute atomic E-state index is 12.8. The minimum Gasteiger partial charge on any atom is -0.393 e. The van der Waals surface area contributed by atoms with Crippen LogP contribution in [0.3, 0.4) is 0 Å². The molecule has 8 heteroatoms. The highest BCUT2D eigenvalue weighted by Gasteiger charge is 2.38. The van der Waals surface area contributed by atoms with E-state index in [-0.39, 0.29) is 17.7 Å². The van der Waals surface area contributed by atoms with Crippen LogP contribution in [0, 0.1) is 16.0 Å². The van der Waals surface area contributed by atoms with Crippen molar-refractivity contribution in [1.82, 2.24) is 0 Å². The van der Waals surface area contributed by atoms with Crippen LogP contribution in [0.5, 0.6) is 0 Å². The van der Waals surface area contributed by atoms with Crippen molar-refractivity contribution in [3.05, 3.63) is 33.9 Å². The molecule has 0 unspecified atom stereocenters. The molecule has 2 N–H and O–H groups in total. The largest absolute Gasteiger partial charge is 0.423 e. The van der Waals surface area contributed by atoms with Gasteiger partial charge in [0.15, 0.2) is 0 Å². The quantitative estimate of drug-likeness (QED) is 0.660. The molecule has 0 aliphatic heterocycles. The minimum atomic E-state index is -4.77. The van der Waals surface area contributed by atoms with Gasteiger partial charge >= 0.3 is 6.18 Å². The van der Waals surface area contributed by atoms with Gasteiger partial charge in [0, 0.05) is 18.3 Å². The molecule has 1 aliphatic rings. The number of aliphatic hydroxyl groups excluding tert-OH is 1. The zero-order valence-corrected chi connectivity index (χ0v) is 10.4. The average molecular weight is 290 g/mol. The number of benzene rings is 1. The first-order valence-electron chi connectivity index (χ1n) is 6.05. The van der Waals surface area contributed by atoms with E-state index in [9.17, 15) is 23.3 Å². The zero-order chi connectivity index (χ0) is 14.9. The fourth-order valence-corrected chi connectivity index (χ4v) is 2.16. The normalized spacial score (nSPS) is 22.2. The molecule has 0 aromatic heterocycles. The number of hydrogen-bond donors (Lipinski definition) is 2. The Labute approximate surface area is 112 Å². The maximum Gasteiger partial charge on any atom is 0.423 e. The van der Waals surface area contributed by atoms with Crippen LogP contribution >= 0.6 is 0 Å². The fraction of sp³-hybridized carbons (Fsp3) is 0.500. The molecule has 0 saturated heterocycles. The summed E-state index contributed by atoms with van der Waals surface area (Å²) in [5.41, 5.74) is -2.03. The van der Waals surface area contributed by atoms with E-state index in [1.165, 1.54) is 6.07 Å². The van der Waals surface area contributed by atoms with Crippen LogP contribution in [0.4, 0.5) is 24.5 Å². The number of anilines is 1. The number of nitro benzene ring substituents is 1. The summed E-state index contributed by atoms with van der Waals surface area (Å²) in [7, 11) is 0. The van der Waals surface area contributed by atoms with Crippen LogP contribution < -0.4 is 5.32 Å². The lowest BCUT2D eigenvalue weighted by Gasteiger charge is -2.31. The maximum atomic E-state index is 12.8. The standard InChI is InChI=1S/C12H13F3N2O3/c13-12(14,15)10-5-8(1-2-11(10)17(19)20)16-6-7-3-9(18)4-7/h1-2,5,7,9,16,18H,3-4,6H2. The number of nitrogens with one attached hydrogen (secondary N) is 1. The van der Waals surface area contributed by atoms with Crippen molar-refractivity contribution in [3.63, 3.8) is 0 Å². The van der Waals surface area contributed by atoms with Gasteiger partial charge in [0.05, 0.1) is 11.0 Å². The molecule has 0 bridgehead atoms. The molecule has 1 aliphatic carbocycles. The minimum absolute atomic E-state index is 0.185. The van der Waals surface area contributed by atoms with E-state index in [1.54, 1.807) is 0 Å². The Morgan fingerprint density at radius 1 is 1.40 bits per heavy atom. The summed E-state index contributed by atoms with van der Waals surface area (Å²) >= 11 is 0. The monoisotopic (exact) mass is 290 g/mol. The molecule has 1 saturated carbocycles. The Balaban J connectivity index is 2.13. The van der Waals surface area contributed by atoms with Crippen molar-refractivity contribution in [2.24, 2.45) is 5.92 Å². The van der Waals surface area contributed by atoms with Crippen molar-refractivity contribution in [2.45, 2.75) is 25.1 Å². The molecule has 20 heavy (non-hydrogen) atoms. The summed E-state index contributed by atoms with van der Waals surface area (Å²) in [5, 5.41) is 22.5. The highest BCUT2D eigenvalue weighted by atomic mass is 19.4. The summed E-state index contributed by atoms with van der Waals surface area (Å²) in [5.74, 6) is 0.217. The lowest BCUT2D eigenvalue weighted by Crippen LogP contribution is -2.33. The van der Waals surface area contributed by atoms with E-state index in [0.717, 1.165) is 12.1 Å². The first-order valence-corrected chi connectivity index (χ1v) is 6.05. The number of halogens is 3. The summed E-state index contributed by atoms with van der Waals surface area (Å²) in [6.45, 7) is 0.437. The van der Waals surface area contributed by atoms with E-state index in [1.807, 2.05) is 0 Å². The number of rotatable bonds is 4. The Morgan fingerprint density at radius 3 is 2.55 bits per heavy atom. The fourth-order valence-electron chi connectivity index (χ4n) is 2.16. The van der Waals surface area contributed by atoms with Gasteiger partial charge in [0.1, 0.15) is 5.56 Å². The molecule has 2 rings (SSSR count). The van der Waals surface area contributed by atoms with Crippen LogP contribution in [0.1, 0.15) is 18.4 Å². The van der Waals surface area contributed by atoms with Crippen molar-refractivity contribution < 1.29 is 23.2 Å². The van der Waals surface area contributed by atoms with E-state index < -0.39 is 22.4 Å². The Hall–Kier alpha value is -1.83. The predicted octanol–water partition coefficient (Wildman–Crippen LogP) is 2.80.